The van der Waals surface area contributed by atoms with Crippen molar-refractivity contribution in [2.75, 3.05) is 0 Å². The Morgan fingerprint density at radius 1 is 0.960 bits per heavy atom. The lowest BCUT2D eigenvalue weighted by atomic mass is 9.97. The third-order valence-electron chi connectivity index (χ3n) is 4.76. The lowest BCUT2D eigenvalue weighted by Gasteiger charge is -2.36. The Kier molecular flexibility index (Phi) is 6.02. The van der Waals surface area contributed by atoms with Gasteiger partial charge in [0.25, 0.3) is 0 Å². The normalized spacial score (nSPS) is 12.4. The van der Waals surface area contributed by atoms with E-state index in [1.54, 1.807) is 0 Å². The maximum atomic E-state index is 4.37. The number of allylic oxidation sites excluding steroid dienone is 2. The summed E-state index contributed by atoms with van der Waals surface area (Å²) in [5.74, 6) is 0. The highest BCUT2D eigenvalue weighted by atomic mass is 28.2. The highest BCUT2D eigenvalue weighted by Crippen LogP contribution is 2.34. The van der Waals surface area contributed by atoms with Crippen LogP contribution in [0.3, 0.4) is 0 Å². The Hall–Kier alpha value is -2.39. The van der Waals surface area contributed by atoms with Crippen molar-refractivity contribution in [2.24, 2.45) is 0 Å². The summed E-state index contributed by atoms with van der Waals surface area (Å²) in [5, 5.41) is -0.0843. The molecule has 0 amide bonds. The highest BCUT2D eigenvalue weighted by Gasteiger charge is 2.35. The monoisotopic (exact) mass is 346 g/mol. The minimum Gasteiger partial charge on any atom is -0.327 e. The third kappa shape index (κ3) is 3.82. The van der Waals surface area contributed by atoms with Gasteiger partial charge in [-0.25, -0.2) is 4.98 Å². The molecule has 0 saturated heterocycles. The van der Waals surface area contributed by atoms with Crippen LogP contribution in [0.5, 0.6) is 0 Å². The molecule has 0 radical (unpaired) electrons. The van der Waals surface area contributed by atoms with Gasteiger partial charge in [-0.05, 0) is 24.0 Å². The highest BCUT2D eigenvalue weighted by molar-refractivity contribution is 6.41. The molecule has 1 aromatic heterocycles. The lowest BCUT2D eigenvalue weighted by Crippen LogP contribution is -2.41. The molecule has 0 bridgehead atoms. The summed E-state index contributed by atoms with van der Waals surface area (Å²) in [7, 11) is -0.503. The van der Waals surface area contributed by atoms with E-state index >= 15 is 0 Å². The third-order valence-corrected chi connectivity index (χ3v) is 7.43. The molecule has 0 spiro atoms. The molecule has 25 heavy (non-hydrogen) atoms. The van der Waals surface area contributed by atoms with Crippen LogP contribution in [0.1, 0.15) is 30.9 Å². The molecular weight excluding hydrogens is 320 g/mol. The van der Waals surface area contributed by atoms with Crippen molar-refractivity contribution in [2.45, 2.75) is 31.0 Å². The number of hydrogen-bond donors (Lipinski definition) is 0. The summed E-state index contributed by atoms with van der Waals surface area (Å²) in [5.41, 5.74) is 2.73. The Labute approximate surface area is 153 Å². The van der Waals surface area contributed by atoms with E-state index in [0.29, 0.717) is 0 Å². The lowest BCUT2D eigenvalue weighted by molar-refractivity contribution is 0.590. The molecule has 1 heterocycles. The van der Waals surface area contributed by atoms with E-state index in [9.17, 15) is 0 Å². The van der Waals surface area contributed by atoms with Gasteiger partial charge in [-0.1, -0.05) is 85.8 Å². The first-order valence-electron chi connectivity index (χ1n) is 9.12. The summed E-state index contributed by atoms with van der Waals surface area (Å²) >= 11 is 0. The minimum atomic E-state index is -0.503. The second kappa shape index (κ2) is 8.63. The second-order valence-corrected chi connectivity index (χ2v) is 8.56. The van der Waals surface area contributed by atoms with Crippen molar-refractivity contribution in [3.63, 3.8) is 0 Å². The molecule has 0 saturated carbocycles. The first-order chi connectivity index (χ1) is 12.4. The molecule has 0 N–H and O–H groups in total. The van der Waals surface area contributed by atoms with Crippen LogP contribution in [-0.4, -0.2) is 19.1 Å². The largest absolute Gasteiger partial charge is 0.327 e. The molecule has 0 atom stereocenters. The number of imidazole rings is 1. The molecule has 3 heteroatoms. The van der Waals surface area contributed by atoms with Crippen molar-refractivity contribution in [1.29, 1.82) is 0 Å². The number of nitrogens with zero attached hydrogens (tertiary/aromatic N) is 2. The fourth-order valence-electron chi connectivity index (χ4n) is 3.56. The maximum Gasteiger partial charge on any atom is 0.0953 e. The first kappa shape index (κ1) is 17.4. The van der Waals surface area contributed by atoms with Crippen LogP contribution in [-0.2, 0) is 5.16 Å². The molecule has 0 aliphatic rings. The van der Waals surface area contributed by atoms with Gasteiger partial charge in [0.15, 0.2) is 0 Å². The number of benzene rings is 2. The van der Waals surface area contributed by atoms with Crippen LogP contribution in [0.25, 0.3) is 0 Å². The van der Waals surface area contributed by atoms with Crippen LogP contribution in [0.2, 0.25) is 6.04 Å². The zero-order chi connectivity index (χ0) is 17.4. The van der Waals surface area contributed by atoms with Crippen molar-refractivity contribution < 1.29 is 0 Å². The van der Waals surface area contributed by atoms with Crippen molar-refractivity contribution in [3.05, 3.63) is 103 Å². The van der Waals surface area contributed by atoms with Gasteiger partial charge in [0.1, 0.15) is 0 Å². The predicted octanol–water partition coefficient (Wildman–Crippen LogP) is 4.58. The van der Waals surface area contributed by atoms with E-state index in [2.05, 4.69) is 95.5 Å². The van der Waals surface area contributed by atoms with E-state index in [0.717, 1.165) is 12.8 Å². The van der Waals surface area contributed by atoms with Crippen molar-refractivity contribution >= 4 is 9.52 Å². The van der Waals surface area contributed by atoms with Gasteiger partial charge in [-0.3, -0.25) is 0 Å². The topological polar surface area (TPSA) is 17.8 Å². The number of rotatable bonds is 8. The molecule has 2 aromatic carbocycles. The first-order valence-corrected chi connectivity index (χ1v) is 10.8. The van der Waals surface area contributed by atoms with Crippen LogP contribution >= 0.6 is 0 Å². The van der Waals surface area contributed by atoms with Crippen LogP contribution in [0.4, 0.5) is 0 Å². The quantitative estimate of drug-likeness (QED) is 0.332. The van der Waals surface area contributed by atoms with E-state index in [4.69, 9.17) is 0 Å². The van der Waals surface area contributed by atoms with Crippen molar-refractivity contribution in [1.82, 2.24) is 9.55 Å². The molecule has 3 aromatic rings. The zero-order valence-electron chi connectivity index (χ0n) is 14.9. The zero-order valence-corrected chi connectivity index (χ0v) is 16.3. The molecule has 128 valence electrons. The van der Waals surface area contributed by atoms with Gasteiger partial charge in [0.05, 0.1) is 21.0 Å². The SMILES string of the molecule is CCC=CCC[SiH2]C(c1ccccc1)(c1ccccc1)n1ccnc1. The summed E-state index contributed by atoms with van der Waals surface area (Å²) in [6.07, 6.45) is 12.9. The van der Waals surface area contributed by atoms with Crippen LogP contribution in [0.15, 0.2) is 91.5 Å². The standard InChI is InChI=1S/C22H26N2Si/c1-2-3-4-11-18-25-22(24-17-16-23-19-24,20-12-7-5-8-13-20)21-14-9-6-10-15-21/h3-10,12-17,19H,2,11,18,25H2,1H3. The summed E-state index contributed by atoms with van der Waals surface area (Å²) in [4.78, 5) is 4.37. The van der Waals surface area contributed by atoms with Gasteiger partial charge in [0.2, 0.25) is 0 Å². The molecule has 0 fully saturated rings. The Balaban J connectivity index is 2.06. The molecule has 3 rings (SSSR count). The van der Waals surface area contributed by atoms with Crippen LogP contribution in [0, 0.1) is 0 Å². The van der Waals surface area contributed by atoms with Gasteiger partial charge in [0, 0.05) is 12.4 Å². The fourth-order valence-corrected chi connectivity index (χ4v) is 6.00. The molecule has 0 aliphatic carbocycles. The summed E-state index contributed by atoms with van der Waals surface area (Å²) in [6.45, 7) is 2.19. The minimum absolute atomic E-state index is 0.0843. The van der Waals surface area contributed by atoms with Crippen molar-refractivity contribution in [3.8, 4) is 0 Å². The second-order valence-electron chi connectivity index (χ2n) is 6.33. The van der Waals surface area contributed by atoms with E-state index in [-0.39, 0.29) is 5.16 Å². The van der Waals surface area contributed by atoms with Gasteiger partial charge in [-0.15, -0.1) is 0 Å². The smallest absolute Gasteiger partial charge is 0.0953 e. The fraction of sp³-hybridized carbons (Fsp3) is 0.227. The summed E-state index contributed by atoms with van der Waals surface area (Å²) < 4.78 is 2.33. The molecule has 2 nitrogen and oxygen atoms in total. The van der Waals surface area contributed by atoms with E-state index < -0.39 is 9.52 Å². The maximum absolute atomic E-state index is 4.37. The number of aromatic nitrogens is 2. The van der Waals surface area contributed by atoms with Gasteiger partial charge < -0.3 is 4.57 Å². The Morgan fingerprint density at radius 2 is 1.60 bits per heavy atom. The average molecular weight is 347 g/mol. The summed E-state index contributed by atoms with van der Waals surface area (Å²) in [6, 6.07) is 23.1. The Morgan fingerprint density at radius 3 is 2.12 bits per heavy atom. The Bertz CT molecular complexity index is 725. The van der Waals surface area contributed by atoms with Gasteiger partial charge in [-0.2, -0.15) is 0 Å². The van der Waals surface area contributed by atoms with Gasteiger partial charge >= 0.3 is 0 Å². The average Bonchev–Trinajstić information content (AvgIpc) is 3.21. The molecule has 0 aliphatic heterocycles. The molecular formula is C22H26N2Si. The van der Waals surface area contributed by atoms with E-state index in [1.165, 1.54) is 17.2 Å². The van der Waals surface area contributed by atoms with E-state index in [1.807, 2.05) is 12.5 Å². The molecule has 0 unspecified atom stereocenters. The predicted molar refractivity (Wildman–Crippen MR) is 109 cm³/mol. The number of hydrogen-bond acceptors (Lipinski definition) is 1. The van der Waals surface area contributed by atoms with Crippen LogP contribution < -0.4 is 0 Å².